The van der Waals surface area contributed by atoms with Gasteiger partial charge in [-0.3, -0.25) is 4.79 Å². The molecule has 0 aliphatic rings. The number of H-pyrrole nitrogens is 1. The molecule has 0 spiro atoms. The Morgan fingerprint density at radius 3 is 2.41 bits per heavy atom. The van der Waals surface area contributed by atoms with Crippen molar-refractivity contribution in [1.29, 1.82) is 0 Å². The number of hydrogen-bond acceptors (Lipinski definition) is 3. The minimum Gasteiger partial charge on any atom is -0.456 e. The van der Waals surface area contributed by atoms with Crippen LogP contribution in [0, 0.1) is 6.92 Å². The molecule has 0 radical (unpaired) electrons. The SMILES string of the molecule is CC(=O)Nc1c[nH]c(C)c1C(=O)OC(C)(C)C. The number of aromatic nitrogens is 1. The summed E-state index contributed by atoms with van der Waals surface area (Å²) in [4.78, 5) is 25.9. The van der Waals surface area contributed by atoms with Gasteiger partial charge in [0.1, 0.15) is 11.2 Å². The molecule has 0 aliphatic heterocycles. The van der Waals surface area contributed by atoms with E-state index < -0.39 is 11.6 Å². The van der Waals surface area contributed by atoms with E-state index in [2.05, 4.69) is 10.3 Å². The standard InChI is InChI=1S/C12H18N2O3/c1-7-10(11(16)17-12(3,4)5)9(6-13-7)14-8(2)15/h6,13H,1-5H3,(H,14,15). The summed E-state index contributed by atoms with van der Waals surface area (Å²) in [6.45, 7) is 8.53. The molecule has 1 heterocycles. The molecular weight excluding hydrogens is 220 g/mol. The first kappa shape index (κ1) is 13.3. The first-order chi connectivity index (χ1) is 7.70. The Labute approximate surface area is 101 Å². The van der Waals surface area contributed by atoms with Crippen molar-refractivity contribution >= 4 is 17.6 Å². The van der Waals surface area contributed by atoms with E-state index in [1.54, 1.807) is 33.9 Å². The van der Waals surface area contributed by atoms with Gasteiger partial charge >= 0.3 is 5.97 Å². The van der Waals surface area contributed by atoms with Gasteiger partial charge < -0.3 is 15.0 Å². The predicted molar refractivity (Wildman–Crippen MR) is 65.0 cm³/mol. The number of aryl methyl sites for hydroxylation is 1. The summed E-state index contributed by atoms with van der Waals surface area (Å²) in [5, 5.41) is 2.59. The lowest BCUT2D eigenvalue weighted by Crippen LogP contribution is -2.24. The molecule has 1 aromatic heterocycles. The van der Waals surface area contributed by atoms with Crippen LogP contribution in [0.3, 0.4) is 0 Å². The van der Waals surface area contributed by atoms with Crippen molar-refractivity contribution in [3.05, 3.63) is 17.5 Å². The Morgan fingerprint density at radius 1 is 1.35 bits per heavy atom. The minimum atomic E-state index is -0.561. The monoisotopic (exact) mass is 238 g/mol. The number of carbonyl (C=O) groups is 2. The van der Waals surface area contributed by atoms with Crippen LogP contribution >= 0.6 is 0 Å². The highest BCUT2D eigenvalue weighted by atomic mass is 16.6. The summed E-state index contributed by atoms with van der Waals surface area (Å²) in [6.07, 6.45) is 1.58. The van der Waals surface area contributed by atoms with Gasteiger partial charge in [0.15, 0.2) is 0 Å². The quantitative estimate of drug-likeness (QED) is 0.776. The number of esters is 1. The highest BCUT2D eigenvalue weighted by Gasteiger charge is 2.23. The van der Waals surface area contributed by atoms with Crippen LogP contribution in [0.1, 0.15) is 43.7 Å². The zero-order chi connectivity index (χ0) is 13.2. The molecule has 2 N–H and O–H groups in total. The number of amides is 1. The highest BCUT2D eigenvalue weighted by Crippen LogP contribution is 2.22. The van der Waals surface area contributed by atoms with Crippen LogP contribution in [-0.4, -0.2) is 22.5 Å². The van der Waals surface area contributed by atoms with Crippen molar-refractivity contribution in [2.45, 2.75) is 40.2 Å². The van der Waals surface area contributed by atoms with Crippen LogP contribution in [0.25, 0.3) is 0 Å². The molecule has 0 unspecified atom stereocenters. The van der Waals surface area contributed by atoms with Gasteiger partial charge in [0.25, 0.3) is 0 Å². The predicted octanol–water partition coefficient (Wildman–Crippen LogP) is 2.24. The summed E-state index contributed by atoms with van der Waals surface area (Å²) in [5.74, 6) is -0.672. The van der Waals surface area contributed by atoms with E-state index in [-0.39, 0.29) is 5.91 Å². The molecule has 0 atom stereocenters. The topological polar surface area (TPSA) is 71.2 Å². The minimum absolute atomic E-state index is 0.228. The molecule has 0 saturated carbocycles. The van der Waals surface area contributed by atoms with Crippen LogP contribution in [0.2, 0.25) is 0 Å². The second kappa shape index (κ2) is 4.61. The van der Waals surface area contributed by atoms with Crippen molar-refractivity contribution in [1.82, 2.24) is 4.98 Å². The van der Waals surface area contributed by atoms with Gasteiger partial charge in [0, 0.05) is 18.8 Å². The second-order valence-electron chi connectivity index (χ2n) is 4.89. The largest absolute Gasteiger partial charge is 0.456 e. The molecule has 5 nitrogen and oxygen atoms in total. The van der Waals surface area contributed by atoms with E-state index in [1.807, 2.05) is 0 Å². The van der Waals surface area contributed by atoms with Crippen LogP contribution < -0.4 is 5.32 Å². The van der Waals surface area contributed by atoms with Crippen molar-refractivity contribution in [3.8, 4) is 0 Å². The lowest BCUT2D eigenvalue weighted by molar-refractivity contribution is -0.114. The summed E-state index contributed by atoms with van der Waals surface area (Å²) in [6, 6.07) is 0. The van der Waals surface area contributed by atoms with E-state index in [4.69, 9.17) is 4.74 Å². The fourth-order valence-corrected chi connectivity index (χ4v) is 1.41. The summed E-state index contributed by atoms with van der Waals surface area (Å²) >= 11 is 0. The molecule has 94 valence electrons. The van der Waals surface area contributed by atoms with Gasteiger partial charge in [-0.05, 0) is 27.7 Å². The van der Waals surface area contributed by atoms with Crippen LogP contribution in [0.5, 0.6) is 0 Å². The average molecular weight is 238 g/mol. The smallest absolute Gasteiger partial charge is 0.342 e. The van der Waals surface area contributed by atoms with E-state index in [9.17, 15) is 9.59 Å². The zero-order valence-corrected chi connectivity index (χ0v) is 10.8. The van der Waals surface area contributed by atoms with E-state index in [1.165, 1.54) is 6.92 Å². The number of anilines is 1. The van der Waals surface area contributed by atoms with Gasteiger partial charge in [0.2, 0.25) is 5.91 Å². The van der Waals surface area contributed by atoms with E-state index in [0.29, 0.717) is 16.9 Å². The summed E-state index contributed by atoms with van der Waals surface area (Å²) in [7, 11) is 0. The Balaban J connectivity index is 3.00. The molecular formula is C12H18N2O3. The normalized spacial score (nSPS) is 11.1. The van der Waals surface area contributed by atoms with Crippen LogP contribution in [0.15, 0.2) is 6.20 Å². The third-order valence-corrected chi connectivity index (χ3v) is 1.99. The number of carbonyl (C=O) groups excluding carboxylic acids is 2. The molecule has 0 fully saturated rings. The Morgan fingerprint density at radius 2 is 1.94 bits per heavy atom. The Kier molecular flexibility index (Phi) is 3.60. The molecule has 5 heteroatoms. The molecule has 17 heavy (non-hydrogen) atoms. The third-order valence-electron chi connectivity index (χ3n) is 1.99. The van der Waals surface area contributed by atoms with Gasteiger partial charge in [-0.1, -0.05) is 0 Å². The molecule has 0 aliphatic carbocycles. The van der Waals surface area contributed by atoms with Gasteiger partial charge in [-0.25, -0.2) is 4.79 Å². The van der Waals surface area contributed by atoms with Crippen molar-refractivity contribution in [2.75, 3.05) is 5.32 Å². The maximum absolute atomic E-state index is 12.0. The zero-order valence-electron chi connectivity index (χ0n) is 10.8. The first-order valence-electron chi connectivity index (χ1n) is 5.39. The fourth-order valence-electron chi connectivity index (χ4n) is 1.41. The number of rotatable bonds is 2. The third kappa shape index (κ3) is 3.62. The molecule has 0 aromatic carbocycles. The van der Waals surface area contributed by atoms with Crippen LogP contribution in [-0.2, 0) is 9.53 Å². The van der Waals surface area contributed by atoms with Gasteiger partial charge in [-0.2, -0.15) is 0 Å². The van der Waals surface area contributed by atoms with Gasteiger partial charge in [-0.15, -0.1) is 0 Å². The van der Waals surface area contributed by atoms with E-state index >= 15 is 0 Å². The van der Waals surface area contributed by atoms with Gasteiger partial charge in [0.05, 0.1) is 5.69 Å². The molecule has 1 aromatic rings. The molecule has 0 bridgehead atoms. The maximum Gasteiger partial charge on any atom is 0.342 e. The number of ether oxygens (including phenoxy) is 1. The maximum atomic E-state index is 12.0. The molecule has 1 amide bonds. The van der Waals surface area contributed by atoms with Crippen LogP contribution in [0.4, 0.5) is 5.69 Å². The Hall–Kier alpha value is -1.78. The number of hydrogen-bond donors (Lipinski definition) is 2. The summed E-state index contributed by atoms with van der Waals surface area (Å²) < 4.78 is 5.27. The Bertz CT molecular complexity index is 441. The molecule has 0 saturated heterocycles. The first-order valence-corrected chi connectivity index (χ1v) is 5.39. The van der Waals surface area contributed by atoms with Crippen molar-refractivity contribution < 1.29 is 14.3 Å². The van der Waals surface area contributed by atoms with E-state index in [0.717, 1.165) is 0 Å². The average Bonchev–Trinajstić information content (AvgIpc) is 2.42. The second-order valence-corrected chi connectivity index (χ2v) is 4.89. The lowest BCUT2D eigenvalue weighted by atomic mass is 10.1. The fraction of sp³-hybridized carbons (Fsp3) is 0.500. The number of aromatic amines is 1. The summed E-state index contributed by atoms with van der Waals surface area (Å²) in [5.41, 5.74) is 0.927. The highest BCUT2D eigenvalue weighted by molar-refractivity contribution is 6.01. The van der Waals surface area contributed by atoms with Crippen molar-refractivity contribution in [3.63, 3.8) is 0 Å². The molecule has 1 rings (SSSR count). The van der Waals surface area contributed by atoms with Crippen molar-refractivity contribution in [2.24, 2.45) is 0 Å². The lowest BCUT2D eigenvalue weighted by Gasteiger charge is -2.19. The number of nitrogens with one attached hydrogen (secondary N) is 2.